The van der Waals surface area contributed by atoms with Crippen molar-refractivity contribution in [2.24, 2.45) is 0 Å². The third-order valence-corrected chi connectivity index (χ3v) is 3.97. The summed E-state index contributed by atoms with van der Waals surface area (Å²) < 4.78 is 32.1. The van der Waals surface area contributed by atoms with Gasteiger partial charge in [-0.2, -0.15) is 0 Å². The lowest BCUT2D eigenvalue weighted by Crippen LogP contribution is -2.37. The predicted octanol–water partition coefficient (Wildman–Crippen LogP) is 2.46. The minimum Gasteiger partial charge on any atom is -0.378 e. The second kappa shape index (κ2) is 7.10. The minimum absolute atomic E-state index is 0.238. The van der Waals surface area contributed by atoms with E-state index in [1.54, 1.807) is 13.8 Å². The number of rotatable bonds is 3. The monoisotopic (exact) mass is 348 g/mol. The Morgan fingerprint density at radius 3 is 2.40 bits per heavy atom. The molecule has 1 aliphatic rings. The van der Waals surface area contributed by atoms with Crippen LogP contribution in [-0.4, -0.2) is 42.2 Å². The Kier molecular flexibility index (Phi) is 4.89. The smallest absolute Gasteiger partial charge is 0.258 e. The maximum absolute atomic E-state index is 13.8. The number of anilines is 2. The van der Waals surface area contributed by atoms with Gasteiger partial charge in [0.2, 0.25) is 5.95 Å². The number of carbonyl (C=O) groups is 1. The van der Waals surface area contributed by atoms with Crippen LogP contribution in [0.3, 0.4) is 0 Å². The van der Waals surface area contributed by atoms with Gasteiger partial charge >= 0.3 is 0 Å². The Hall–Kier alpha value is -2.61. The Balaban J connectivity index is 1.83. The summed E-state index contributed by atoms with van der Waals surface area (Å²) in [5.74, 6) is -1.76. The van der Waals surface area contributed by atoms with Crippen LogP contribution in [0.25, 0.3) is 0 Å². The average molecular weight is 348 g/mol. The van der Waals surface area contributed by atoms with Crippen molar-refractivity contribution in [3.63, 3.8) is 0 Å². The minimum atomic E-state index is -0.918. The van der Waals surface area contributed by atoms with Gasteiger partial charge < -0.3 is 15.0 Å². The van der Waals surface area contributed by atoms with Gasteiger partial charge in [0.05, 0.1) is 35.9 Å². The number of hydrogen-bond acceptors (Lipinski definition) is 5. The average Bonchev–Trinajstić information content (AvgIpc) is 2.58. The quantitative estimate of drug-likeness (QED) is 0.923. The highest BCUT2D eigenvalue weighted by atomic mass is 19.1. The van der Waals surface area contributed by atoms with Crippen molar-refractivity contribution in [1.29, 1.82) is 0 Å². The Labute approximate surface area is 143 Å². The molecule has 2 heterocycles. The summed E-state index contributed by atoms with van der Waals surface area (Å²) in [7, 11) is 0. The summed E-state index contributed by atoms with van der Waals surface area (Å²) in [5, 5.41) is 2.62. The summed E-state index contributed by atoms with van der Waals surface area (Å²) in [5.41, 5.74) is 1.33. The molecule has 1 aliphatic heterocycles. The maximum Gasteiger partial charge on any atom is 0.258 e. The second-order valence-corrected chi connectivity index (χ2v) is 5.75. The highest BCUT2D eigenvalue weighted by Gasteiger charge is 2.19. The number of amides is 1. The van der Waals surface area contributed by atoms with Crippen molar-refractivity contribution < 1.29 is 18.3 Å². The van der Waals surface area contributed by atoms with E-state index in [9.17, 15) is 13.6 Å². The Morgan fingerprint density at radius 1 is 1.16 bits per heavy atom. The summed E-state index contributed by atoms with van der Waals surface area (Å²) >= 11 is 0. The molecule has 3 rings (SSSR count). The highest BCUT2D eigenvalue weighted by molar-refractivity contribution is 6.05. The zero-order chi connectivity index (χ0) is 18.0. The molecule has 1 aromatic heterocycles. The number of aromatic nitrogens is 2. The van der Waals surface area contributed by atoms with E-state index in [2.05, 4.69) is 15.3 Å². The predicted molar refractivity (Wildman–Crippen MR) is 88.8 cm³/mol. The zero-order valence-electron chi connectivity index (χ0n) is 14.0. The lowest BCUT2D eigenvalue weighted by Gasteiger charge is -2.27. The Morgan fingerprint density at radius 2 is 1.80 bits per heavy atom. The number of nitrogens with one attached hydrogen (secondary N) is 1. The highest BCUT2D eigenvalue weighted by Crippen LogP contribution is 2.22. The Bertz CT molecular complexity index is 784. The molecule has 0 aliphatic carbocycles. The molecule has 1 fully saturated rings. The van der Waals surface area contributed by atoms with Gasteiger partial charge in [0.25, 0.3) is 5.91 Å². The number of hydrogen-bond donors (Lipinski definition) is 1. The molecule has 1 aromatic carbocycles. The topological polar surface area (TPSA) is 67.3 Å². The van der Waals surface area contributed by atoms with Crippen LogP contribution < -0.4 is 10.2 Å². The van der Waals surface area contributed by atoms with Crippen LogP contribution in [0.15, 0.2) is 18.2 Å². The van der Waals surface area contributed by atoms with Crippen molar-refractivity contribution >= 4 is 17.5 Å². The van der Waals surface area contributed by atoms with Crippen molar-refractivity contribution in [3.05, 3.63) is 46.8 Å². The lowest BCUT2D eigenvalue weighted by atomic mass is 10.2. The van der Waals surface area contributed by atoms with Crippen molar-refractivity contribution in [1.82, 2.24) is 9.97 Å². The van der Waals surface area contributed by atoms with E-state index in [4.69, 9.17) is 4.74 Å². The van der Waals surface area contributed by atoms with Gasteiger partial charge in [-0.15, -0.1) is 0 Å². The first-order valence-electron chi connectivity index (χ1n) is 7.90. The van der Waals surface area contributed by atoms with Gasteiger partial charge in [0, 0.05) is 19.2 Å². The number of nitrogens with zero attached hydrogens (tertiary/aromatic N) is 3. The number of morpholine rings is 1. The summed E-state index contributed by atoms with van der Waals surface area (Å²) in [6.07, 6.45) is 0. The van der Waals surface area contributed by atoms with Crippen LogP contribution >= 0.6 is 0 Å². The molecule has 1 amide bonds. The van der Waals surface area contributed by atoms with Gasteiger partial charge in [-0.05, 0) is 26.0 Å². The standard InChI is InChI=1S/C17H18F2N4O2/c1-10-15(22-16(24)13-4-3-12(18)9-14(13)19)11(2)21-17(20-10)23-5-7-25-8-6-23/h3-4,9H,5-8H2,1-2H3,(H,22,24). The van der Waals surface area contributed by atoms with Gasteiger partial charge in [-0.3, -0.25) is 4.79 Å². The summed E-state index contributed by atoms with van der Waals surface area (Å²) in [6.45, 7) is 6.12. The van der Waals surface area contributed by atoms with Gasteiger partial charge in [0.15, 0.2) is 0 Å². The number of ether oxygens (including phenoxy) is 1. The lowest BCUT2D eigenvalue weighted by molar-refractivity contribution is 0.102. The fraction of sp³-hybridized carbons (Fsp3) is 0.353. The van der Waals surface area contributed by atoms with E-state index in [1.165, 1.54) is 0 Å². The van der Waals surface area contributed by atoms with E-state index in [0.29, 0.717) is 55.4 Å². The first kappa shape index (κ1) is 17.2. The van der Waals surface area contributed by atoms with E-state index in [-0.39, 0.29) is 5.56 Å². The summed E-state index contributed by atoms with van der Waals surface area (Å²) in [4.78, 5) is 23.2. The van der Waals surface area contributed by atoms with Crippen molar-refractivity contribution in [3.8, 4) is 0 Å². The molecule has 25 heavy (non-hydrogen) atoms. The molecule has 0 radical (unpaired) electrons. The molecule has 0 bridgehead atoms. The molecule has 6 nitrogen and oxygen atoms in total. The van der Waals surface area contributed by atoms with E-state index in [0.717, 1.165) is 12.1 Å². The number of carbonyl (C=O) groups excluding carboxylic acids is 1. The van der Waals surface area contributed by atoms with E-state index < -0.39 is 17.5 Å². The zero-order valence-corrected chi connectivity index (χ0v) is 14.0. The molecule has 0 spiro atoms. The van der Waals surface area contributed by atoms with Crippen LogP contribution in [0.4, 0.5) is 20.4 Å². The molecule has 0 saturated carbocycles. The number of benzene rings is 1. The normalized spacial score (nSPS) is 14.5. The molecule has 2 aromatic rings. The van der Waals surface area contributed by atoms with Crippen molar-refractivity contribution in [2.75, 3.05) is 36.5 Å². The van der Waals surface area contributed by atoms with Gasteiger partial charge in [-0.1, -0.05) is 0 Å². The third kappa shape index (κ3) is 3.74. The molecule has 0 atom stereocenters. The molecule has 1 saturated heterocycles. The number of halogens is 2. The van der Waals surface area contributed by atoms with Crippen LogP contribution in [-0.2, 0) is 4.74 Å². The first-order chi connectivity index (χ1) is 12.0. The molecule has 132 valence electrons. The van der Waals surface area contributed by atoms with Crippen molar-refractivity contribution in [2.45, 2.75) is 13.8 Å². The molecule has 8 heteroatoms. The van der Waals surface area contributed by atoms with E-state index in [1.807, 2.05) is 4.90 Å². The fourth-order valence-corrected chi connectivity index (χ4v) is 2.64. The van der Waals surface area contributed by atoms with Crippen LogP contribution in [0, 0.1) is 25.5 Å². The second-order valence-electron chi connectivity index (χ2n) is 5.75. The fourth-order valence-electron chi connectivity index (χ4n) is 2.64. The molecule has 1 N–H and O–H groups in total. The molecular formula is C17H18F2N4O2. The molecular weight excluding hydrogens is 330 g/mol. The van der Waals surface area contributed by atoms with Gasteiger partial charge in [0.1, 0.15) is 11.6 Å². The number of aryl methyl sites for hydroxylation is 2. The van der Waals surface area contributed by atoms with Gasteiger partial charge in [-0.25, -0.2) is 18.7 Å². The van der Waals surface area contributed by atoms with Crippen LogP contribution in [0.5, 0.6) is 0 Å². The van der Waals surface area contributed by atoms with Crippen LogP contribution in [0.2, 0.25) is 0 Å². The third-order valence-electron chi connectivity index (χ3n) is 3.97. The first-order valence-corrected chi connectivity index (χ1v) is 7.90. The summed E-state index contributed by atoms with van der Waals surface area (Å²) in [6, 6.07) is 2.82. The molecule has 0 unspecified atom stereocenters. The SMILES string of the molecule is Cc1nc(N2CCOCC2)nc(C)c1NC(=O)c1ccc(F)cc1F. The largest absolute Gasteiger partial charge is 0.378 e. The maximum atomic E-state index is 13.8. The van der Waals surface area contributed by atoms with Crippen LogP contribution in [0.1, 0.15) is 21.7 Å². The van der Waals surface area contributed by atoms with E-state index >= 15 is 0 Å².